The van der Waals surface area contributed by atoms with Crippen LogP contribution in [0.2, 0.25) is 0 Å². The second kappa shape index (κ2) is 6.95. The third-order valence-corrected chi connectivity index (χ3v) is 2.59. The molecule has 1 aromatic carbocycles. The van der Waals surface area contributed by atoms with Gasteiger partial charge in [0.2, 0.25) is 0 Å². The summed E-state index contributed by atoms with van der Waals surface area (Å²) in [6.45, 7) is 1.93. The quantitative estimate of drug-likeness (QED) is 0.812. The van der Waals surface area contributed by atoms with Crippen LogP contribution >= 0.6 is 12.4 Å². The fourth-order valence-corrected chi connectivity index (χ4v) is 1.68. The van der Waals surface area contributed by atoms with E-state index < -0.39 is 23.6 Å². The Morgan fingerprint density at radius 3 is 2.39 bits per heavy atom. The van der Waals surface area contributed by atoms with Crippen LogP contribution in [-0.2, 0) is 6.18 Å². The highest BCUT2D eigenvalue weighted by atomic mass is 35.5. The van der Waals surface area contributed by atoms with Crippen molar-refractivity contribution in [3.8, 4) is 0 Å². The minimum Gasteiger partial charge on any atom is -0.324 e. The third kappa shape index (κ3) is 4.46. The molecule has 0 saturated heterocycles. The summed E-state index contributed by atoms with van der Waals surface area (Å²) in [5.41, 5.74) is 4.70. The van der Waals surface area contributed by atoms with E-state index in [0.29, 0.717) is 12.5 Å². The van der Waals surface area contributed by atoms with Gasteiger partial charge in [-0.25, -0.2) is 4.39 Å². The molecule has 0 aromatic heterocycles. The van der Waals surface area contributed by atoms with E-state index in [9.17, 15) is 17.6 Å². The molecule has 0 aliphatic heterocycles. The summed E-state index contributed by atoms with van der Waals surface area (Å²) in [7, 11) is 0. The van der Waals surface area contributed by atoms with Gasteiger partial charge in [0.1, 0.15) is 5.82 Å². The number of unbranched alkanes of at least 4 members (excludes halogenated alkanes) is 1. The first-order valence-electron chi connectivity index (χ1n) is 5.48. The average Bonchev–Trinajstić information content (AvgIpc) is 2.24. The fourth-order valence-electron chi connectivity index (χ4n) is 1.68. The highest BCUT2D eigenvalue weighted by molar-refractivity contribution is 5.85. The van der Waals surface area contributed by atoms with E-state index >= 15 is 0 Å². The van der Waals surface area contributed by atoms with Crippen molar-refractivity contribution in [3.63, 3.8) is 0 Å². The molecule has 0 amide bonds. The van der Waals surface area contributed by atoms with Crippen LogP contribution < -0.4 is 5.73 Å². The fraction of sp³-hybridized carbons (Fsp3) is 0.500. The molecule has 0 aliphatic carbocycles. The van der Waals surface area contributed by atoms with Crippen LogP contribution in [0.25, 0.3) is 0 Å². The number of alkyl halides is 3. The van der Waals surface area contributed by atoms with E-state index in [1.807, 2.05) is 6.92 Å². The summed E-state index contributed by atoms with van der Waals surface area (Å²) in [6.07, 6.45) is -2.50. The SMILES string of the molecule is CCCC[C@H](N)c1ccc(F)cc1C(F)(F)F.Cl. The van der Waals surface area contributed by atoms with Gasteiger partial charge in [-0.3, -0.25) is 0 Å². The van der Waals surface area contributed by atoms with E-state index in [1.54, 1.807) is 0 Å². The first-order valence-corrected chi connectivity index (χ1v) is 5.48. The molecule has 0 saturated carbocycles. The first kappa shape index (κ1) is 17.2. The summed E-state index contributed by atoms with van der Waals surface area (Å²) in [5.74, 6) is -0.899. The molecule has 1 nitrogen and oxygen atoms in total. The largest absolute Gasteiger partial charge is 0.416 e. The molecule has 104 valence electrons. The van der Waals surface area contributed by atoms with Crippen molar-refractivity contribution >= 4 is 12.4 Å². The van der Waals surface area contributed by atoms with E-state index in [4.69, 9.17) is 5.73 Å². The Kier molecular flexibility index (Phi) is 6.63. The number of rotatable bonds is 4. The minimum atomic E-state index is -4.57. The molecule has 0 bridgehead atoms. The van der Waals surface area contributed by atoms with E-state index in [-0.39, 0.29) is 18.0 Å². The molecule has 1 rings (SSSR count). The van der Waals surface area contributed by atoms with Gasteiger partial charge in [0.15, 0.2) is 0 Å². The molecule has 0 spiro atoms. The van der Waals surface area contributed by atoms with Gasteiger partial charge in [-0.2, -0.15) is 13.2 Å². The molecule has 2 N–H and O–H groups in total. The molecule has 0 heterocycles. The van der Waals surface area contributed by atoms with Gasteiger partial charge in [-0.15, -0.1) is 12.4 Å². The minimum absolute atomic E-state index is 0. The van der Waals surface area contributed by atoms with Crippen LogP contribution in [-0.4, -0.2) is 0 Å². The van der Waals surface area contributed by atoms with Crippen molar-refractivity contribution in [3.05, 3.63) is 35.1 Å². The monoisotopic (exact) mass is 285 g/mol. The van der Waals surface area contributed by atoms with Gasteiger partial charge in [0.25, 0.3) is 0 Å². The molecule has 0 radical (unpaired) electrons. The zero-order valence-electron chi connectivity index (χ0n) is 9.93. The second-order valence-electron chi connectivity index (χ2n) is 3.98. The van der Waals surface area contributed by atoms with Crippen molar-refractivity contribution in [2.45, 2.75) is 38.4 Å². The van der Waals surface area contributed by atoms with Crippen LogP contribution in [0.4, 0.5) is 17.6 Å². The maximum absolute atomic E-state index is 12.9. The van der Waals surface area contributed by atoms with E-state index in [0.717, 1.165) is 25.0 Å². The van der Waals surface area contributed by atoms with Crippen LogP contribution in [0.1, 0.15) is 43.4 Å². The molecular formula is C12H16ClF4N. The molecule has 0 aliphatic rings. The van der Waals surface area contributed by atoms with Crippen LogP contribution in [0.15, 0.2) is 18.2 Å². The zero-order valence-corrected chi connectivity index (χ0v) is 10.7. The number of hydrogen-bond acceptors (Lipinski definition) is 1. The lowest BCUT2D eigenvalue weighted by Gasteiger charge is -2.18. The lowest BCUT2D eigenvalue weighted by molar-refractivity contribution is -0.138. The lowest BCUT2D eigenvalue weighted by Crippen LogP contribution is -2.17. The third-order valence-electron chi connectivity index (χ3n) is 2.59. The summed E-state index contributed by atoms with van der Waals surface area (Å²) in [6, 6.07) is 1.93. The van der Waals surface area contributed by atoms with Crippen LogP contribution in [0, 0.1) is 5.82 Å². The smallest absolute Gasteiger partial charge is 0.324 e. The number of benzene rings is 1. The summed E-state index contributed by atoms with van der Waals surface area (Å²) < 4.78 is 50.9. The maximum atomic E-state index is 12.9. The van der Waals surface area contributed by atoms with Crippen molar-refractivity contribution in [1.29, 1.82) is 0 Å². The van der Waals surface area contributed by atoms with Gasteiger partial charge in [-0.1, -0.05) is 25.8 Å². The van der Waals surface area contributed by atoms with E-state index in [2.05, 4.69) is 0 Å². The number of nitrogens with two attached hydrogens (primary N) is 1. The Morgan fingerprint density at radius 1 is 1.28 bits per heavy atom. The summed E-state index contributed by atoms with van der Waals surface area (Å²) in [5, 5.41) is 0. The van der Waals surface area contributed by atoms with Gasteiger partial charge < -0.3 is 5.73 Å². The molecule has 1 atom stereocenters. The van der Waals surface area contributed by atoms with Crippen molar-refractivity contribution in [2.75, 3.05) is 0 Å². The molecule has 6 heteroatoms. The van der Waals surface area contributed by atoms with Gasteiger partial charge in [-0.05, 0) is 24.1 Å². The summed E-state index contributed by atoms with van der Waals surface area (Å²) in [4.78, 5) is 0. The Bertz CT molecular complexity index is 379. The van der Waals surface area contributed by atoms with Crippen molar-refractivity contribution < 1.29 is 17.6 Å². The Labute approximate surface area is 110 Å². The van der Waals surface area contributed by atoms with Crippen LogP contribution in [0.3, 0.4) is 0 Å². The van der Waals surface area contributed by atoms with Gasteiger partial charge in [0.05, 0.1) is 5.56 Å². The molecule has 18 heavy (non-hydrogen) atoms. The number of hydrogen-bond donors (Lipinski definition) is 1. The van der Waals surface area contributed by atoms with Crippen LogP contribution in [0.5, 0.6) is 0 Å². The Balaban J connectivity index is 0.00000289. The molecule has 0 fully saturated rings. The highest BCUT2D eigenvalue weighted by Crippen LogP contribution is 2.35. The lowest BCUT2D eigenvalue weighted by atomic mass is 9.96. The average molecular weight is 286 g/mol. The Hall–Kier alpha value is -0.810. The zero-order chi connectivity index (χ0) is 13.1. The Morgan fingerprint density at radius 2 is 1.89 bits per heavy atom. The standard InChI is InChI=1S/C12H15F4N.ClH/c1-2-3-4-11(17)9-6-5-8(13)7-10(9)12(14,15)16;/h5-7,11H,2-4,17H2,1H3;1H/t11-;/m0./s1. The number of halogens is 5. The van der Waals surface area contributed by atoms with E-state index in [1.165, 1.54) is 0 Å². The maximum Gasteiger partial charge on any atom is 0.416 e. The predicted octanol–water partition coefficient (Wildman–Crippen LogP) is 4.46. The molecule has 1 aromatic rings. The topological polar surface area (TPSA) is 26.0 Å². The van der Waals surface area contributed by atoms with Crippen molar-refractivity contribution in [1.82, 2.24) is 0 Å². The highest BCUT2D eigenvalue weighted by Gasteiger charge is 2.34. The molecule has 0 unspecified atom stereocenters. The first-order chi connectivity index (χ1) is 7.86. The van der Waals surface area contributed by atoms with Crippen molar-refractivity contribution in [2.24, 2.45) is 5.73 Å². The van der Waals surface area contributed by atoms with Gasteiger partial charge in [0, 0.05) is 6.04 Å². The second-order valence-corrected chi connectivity index (χ2v) is 3.98. The predicted molar refractivity (Wildman–Crippen MR) is 65.1 cm³/mol. The summed E-state index contributed by atoms with van der Waals surface area (Å²) >= 11 is 0. The normalized spacial score (nSPS) is 13.0. The van der Waals surface area contributed by atoms with Gasteiger partial charge >= 0.3 is 6.18 Å². The molecular weight excluding hydrogens is 270 g/mol.